The van der Waals surface area contributed by atoms with Gasteiger partial charge in [0.05, 0.1) is 12.2 Å². The number of ether oxygens (including phenoxy) is 1. The van der Waals surface area contributed by atoms with Crippen molar-refractivity contribution in [2.24, 2.45) is 5.92 Å². The molecule has 0 fully saturated rings. The standard InChI is InChI=1S/C15H19NO2/c1-10-6-7-13(9-11(10)2)16-15-14(12(3)17)5-4-8-18-15/h4,6-9,14-16H,5H2,1-3H3. The van der Waals surface area contributed by atoms with Crippen molar-refractivity contribution in [2.75, 3.05) is 5.32 Å². The van der Waals surface area contributed by atoms with Gasteiger partial charge < -0.3 is 10.1 Å². The molecule has 3 heteroatoms. The monoisotopic (exact) mass is 245 g/mol. The number of aryl methyl sites for hydroxylation is 2. The van der Waals surface area contributed by atoms with Crippen molar-refractivity contribution in [1.82, 2.24) is 0 Å². The number of rotatable bonds is 3. The summed E-state index contributed by atoms with van der Waals surface area (Å²) in [4.78, 5) is 11.6. The first-order chi connectivity index (χ1) is 8.58. The van der Waals surface area contributed by atoms with Crippen LogP contribution in [0, 0.1) is 19.8 Å². The fourth-order valence-corrected chi connectivity index (χ4v) is 2.07. The summed E-state index contributed by atoms with van der Waals surface area (Å²) in [6.07, 6.45) is 4.02. The quantitative estimate of drug-likeness (QED) is 0.888. The van der Waals surface area contributed by atoms with Crippen LogP contribution >= 0.6 is 0 Å². The van der Waals surface area contributed by atoms with E-state index in [1.54, 1.807) is 13.2 Å². The zero-order valence-corrected chi connectivity index (χ0v) is 11.1. The average Bonchev–Trinajstić information content (AvgIpc) is 2.34. The third-order valence-electron chi connectivity index (χ3n) is 3.41. The number of allylic oxidation sites excluding steroid dienone is 1. The van der Waals surface area contributed by atoms with Gasteiger partial charge in [-0.1, -0.05) is 6.07 Å². The summed E-state index contributed by atoms with van der Waals surface area (Å²) in [5.41, 5.74) is 3.48. The average molecular weight is 245 g/mol. The minimum Gasteiger partial charge on any atom is -0.478 e. The van der Waals surface area contributed by atoms with Gasteiger partial charge in [-0.15, -0.1) is 0 Å². The van der Waals surface area contributed by atoms with Gasteiger partial charge in [-0.05, 0) is 56.5 Å². The zero-order chi connectivity index (χ0) is 13.1. The molecule has 0 saturated heterocycles. The Kier molecular flexibility index (Phi) is 3.70. The van der Waals surface area contributed by atoms with Crippen LogP contribution in [0.3, 0.4) is 0 Å². The van der Waals surface area contributed by atoms with Crippen LogP contribution in [0.4, 0.5) is 5.69 Å². The van der Waals surface area contributed by atoms with Crippen LogP contribution in [-0.2, 0) is 9.53 Å². The third-order valence-corrected chi connectivity index (χ3v) is 3.41. The summed E-state index contributed by atoms with van der Waals surface area (Å²) in [6.45, 7) is 5.77. The van der Waals surface area contributed by atoms with Gasteiger partial charge in [0.2, 0.25) is 0 Å². The third kappa shape index (κ3) is 2.73. The molecule has 1 aromatic rings. The Morgan fingerprint density at radius 1 is 1.33 bits per heavy atom. The van der Waals surface area contributed by atoms with E-state index in [1.807, 2.05) is 12.1 Å². The van der Waals surface area contributed by atoms with E-state index in [0.29, 0.717) is 0 Å². The molecule has 1 aliphatic rings. The molecule has 0 spiro atoms. The first-order valence-corrected chi connectivity index (χ1v) is 6.22. The molecule has 2 rings (SSSR count). The number of ketones is 1. The fourth-order valence-electron chi connectivity index (χ4n) is 2.07. The number of carbonyl (C=O) groups is 1. The summed E-state index contributed by atoms with van der Waals surface area (Å²) < 4.78 is 5.51. The smallest absolute Gasteiger partial charge is 0.179 e. The second-order valence-corrected chi connectivity index (χ2v) is 4.82. The first-order valence-electron chi connectivity index (χ1n) is 6.22. The van der Waals surface area contributed by atoms with Crippen LogP contribution in [-0.4, -0.2) is 12.0 Å². The number of carbonyl (C=O) groups excluding carboxylic acids is 1. The van der Waals surface area contributed by atoms with Crippen molar-refractivity contribution in [3.05, 3.63) is 41.7 Å². The van der Waals surface area contributed by atoms with Gasteiger partial charge in [-0.3, -0.25) is 4.79 Å². The number of hydrogen-bond acceptors (Lipinski definition) is 3. The van der Waals surface area contributed by atoms with Crippen molar-refractivity contribution in [3.63, 3.8) is 0 Å². The number of benzene rings is 1. The van der Waals surface area contributed by atoms with E-state index < -0.39 is 0 Å². The molecular weight excluding hydrogens is 226 g/mol. The second-order valence-electron chi connectivity index (χ2n) is 4.82. The molecule has 18 heavy (non-hydrogen) atoms. The maximum absolute atomic E-state index is 11.6. The van der Waals surface area contributed by atoms with Crippen LogP contribution in [0.5, 0.6) is 0 Å². The largest absolute Gasteiger partial charge is 0.478 e. The van der Waals surface area contributed by atoms with Crippen molar-refractivity contribution >= 4 is 11.5 Å². The van der Waals surface area contributed by atoms with E-state index >= 15 is 0 Å². The van der Waals surface area contributed by atoms with E-state index in [9.17, 15) is 4.79 Å². The Labute approximate surface area is 108 Å². The number of Topliss-reactive ketones (excluding diaryl/α,β-unsaturated/α-hetero) is 1. The highest BCUT2D eigenvalue weighted by atomic mass is 16.5. The van der Waals surface area contributed by atoms with Crippen LogP contribution in [0.2, 0.25) is 0 Å². The molecular formula is C15H19NO2. The Morgan fingerprint density at radius 2 is 2.11 bits per heavy atom. The van der Waals surface area contributed by atoms with Crippen LogP contribution in [0.1, 0.15) is 24.5 Å². The normalized spacial score (nSPS) is 22.4. The Morgan fingerprint density at radius 3 is 2.78 bits per heavy atom. The lowest BCUT2D eigenvalue weighted by atomic mass is 9.97. The highest BCUT2D eigenvalue weighted by Gasteiger charge is 2.27. The van der Waals surface area contributed by atoms with Gasteiger partial charge in [0, 0.05) is 5.69 Å². The van der Waals surface area contributed by atoms with E-state index in [-0.39, 0.29) is 17.9 Å². The molecule has 1 aliphatic heterocycles. The van der Waals surface area contributed by atoms with Gasteiger partial charge in [0.15, 0.2) is 6.23 Å². The SMILES string of the molecule is CC(=O)C1CC=COC1Nc1ccc(C)c(C)c1. The first kappa shape index (κ1) is 12.7. The Hall–Kier alpha value is -1.77. The molecule has 0 saturated carbocycles. The molecule has 0 bridgehead atoms. The summed E-state index contributed by atoms with van der Waals surface area (Å²) in [5, 5.41) is 3.29. The molecule has 0 aliphatic carbocycles. The maximum atomic E-state index is 11.6. The molecule has 2 atom stereocenters. The Balaban J connectivity index is 2.14. The molecule has 96 valence electrons. The predicted molar refractivity (Wildman–Crippen MR) is 72.3 cm³/mol. The van der Waals surface area contributed by atoms with Crippen molar-refractivity contribution in [2.45, 2.75) is 33.4 Å². The number of hydrogen-bond donors (Lipinski definition) is 1. The minimum absolute atomic E-state index is 0.114. The minimum atomic E-state index is -0.269. The lowest BCUT2D eigenvalue weighted by Gasteiger charge is -2.28. The molecule has 0 amide bonds. The molecule has 3 nitrogen and oxygen atoms in total. The summed E-state index contributed by atoms with van der Waals surface area (Å²) in [7, 11) is 0. The van der Waals surface area contributed by atoms with Crippen molar-refractivity contribution in [1.29, 1.82) is 0 Å². The van der Waals surface area contributed by atoms with Crippen molar-refractivity contribution < 1.29 is 9.53 Å². The lowest BCUT2D eigenvalue weighted by molar-refractivity contribution is -0.124. The number of anilines is 1. The Bertz CT molecular complexity index is 479. The van der Waals surface area contributed by atoms with Crippen LogP contribution in [0.25, 0.3) is 0 Å². The highest BCUT2D eigenvalue weighted by Crippen LogP contribution is 2.23. The molecule has 0 radical (unpaired) electrons. The van der Waals surface area contributed by atoms with Crippen LogP contribution < -0.4 is 5.32 Å². The number of nitrogens with one attached hydrogen (secondary N) is 1. The molecule has 2 unspecified atom stereocenters. The van der Waals surface area contributed by atoms with Gasteiger partial charge in [-0.25, -0.2) is 0 Å². The van der Waals surface area contributed by atoms with E-state index in [2.05, 4.69) is 31.3 Å². The lowest BCUT2D eigenvalue weighted by Crippen LogP contribution is -2.36. The highest BCUT2D eigenvalue weighted by molar-refractivity contribution is 5.79. The molecule has 0 aromatic heterocycles. The summed E-state index contributed by atoms with van der Waals surface area (Å²) >= 11 is 0. The second kappa shape index (κ2) is 5.25. The van der Waals surface area contributed by atoms with Gasteiger partial charge >= 0.3 is 0 Å². The topological polar surface area (TPSA) is 38.3 Å². The van der Waals surface area contributed by atoms with Crippen molar-refractivity contribution in [3.8, 4) is 0 Å². The maximum Gasteiger partial charge on any atom is 0.179 e. The summed E-state index contributed by atoms with van der Waals surface area (Å²) in [5.74, 6) is 0.0392. The van der Waals surface area contributed by atoms with Gasteiger partial charge in [-0.2, -0.15) is 0 Å². The zero-order valence-electron chi connectivity index (χ0n) is 11.1. The van der Waals surface area contributed by atoms with Gasteiger partial charge in [0.25, 0.3) is 0 Å². The van der Waals surface area contributed by atoms with Crippen LogP contribution in [0.15, 0.2) is 30.5 Å². The van der Waals surface area contributed by atoms with E-state index in [0.717, 1.165) is 12.1 Å². The predicted octanol–water partition coefficient (Wildman–Crippen LogP) is 3.18. The molecule has 1 N–H and O–H groups in total. The van der Waals surface area contributed by atoms with Gasteiger partial charge in [0.1, 0.15) is 5.78 Å². The van der Waals surface area contributed by atoms with E-state index in [1.165, 1.54) is 11.1 Å². The van der Waals surface area contributed by atoms with E-state index in [4.69, 9.17) is 4.74 Å². The molecule has 1 aromatic carbocycles. The fraction of sp³-hybridized carbons (Fsp3) is 0.400. The molecule has 1 heterocycles. The summed E-state index contributed by atoms with van der Waals surface area (Å²) in [6, 6.07) is 6.16.